The third-order valence-electron chi connectivity index (χ3n) is 4.86. The molecule has 1 saturated heterocycles. The quantitative estimate of drug-likeness (QED) is 0.524. The van der Waals surface area contributed by atoms with Crippen LogP contribution in [0.4, 0.5) is 10.1 Å². The Hall–Kier alpha value is -3.29. The van der Waals surface area contributed by atoms with E-state index in [0.29, 0.717) is 37.0 Å². The van der Waals surface area contributed by atoms with Crippen molar-refractivity contribution >= 4 is 17.1 Å². The molecule has 7 nitrogen and oxygen atoms in total. The predicted molar refractivity (Wildman–Crippen MR) is 97.3 cm³/mol. The standard InChI is InChI=1S/C19H17FN4O3/c20-14-8-10-22(11-9-14)19(25)16-12-21-23-17(2-1-3-18(16)23)13-4-6-15(7-5-13)24(26)27/h1-7,12,14H,8-11H2. The lowest BCUT2D eigenvalue weighted by atomic mass is 10.1. The molecule has 138 valence electrons. The molecule has 0 radical (unpaired) electrons. The number of nitro groups is 1. The first-order chi connectivity index (χ1) is 13.0. The molecule has 3 aromatic rings. The summed E-state index contributed by atoms with van der Waals surface area (Å²) in [5.41, 5.74) is 2.61. The third-order valence-corrected chi connectivity index (χ3v) is 4.86. The van der Waals surface area contributed by atoms with Gasteiger partial charge in [0.15, 0.2) is 0 Å². The molecule has 0 spiro atoms. The highest BCUT2D eigenvalue weighted by molar-refractivity contribution is 6.01. The average Bonchev–Trinajstić information content (AvgIpc) is 3.12. The molecule has 0 atom stereocenters. The maximum absolute atomic E-state index is 13.3. The number of hydrogen-bond donors (Lipinski definition) is 0. The average molecular weight is 368 g/mol. The lowest BCUT2D eigenvalue weighted by Crippen LogP contribution is -2.39. The Bertz CT molecular complexity index is 1010. The molecule has 1 amide bonds. The number of halogens is 1. The van der Waals surface area contributed by atoms with Crippen molar-refractivity contribution in [3.63, 3.8) is 0 Å². The van der Waals surface area contributed by atoms with E-state index in [9.17, 15) is 19.3 Å². The van der Waals surface area contributed by atoms with E-state index in [-0.39, 0.29) is 11.6 Å². The Balaban J connectivity index is 1.69. The zero-order valence-electron chi connectivity index (χ0n) is 14.4. The highest BCUT2D eigenvalue weighted by atomic mass is 19.1. The molecule has 2 aromatic heterocycles. The number of piperidine rings is 1. The zero-order chi connectivity index (χ0) is 19.0. The minimum Gasteiger partial charge on any atom is -0.338 e. The molecule has 3 heterocycles. The number of nitro benzene ring substituents is 1. The largest absolute Gasteiger partial charge is 0.338 e. The van der Waals surface area contributed by atoms with Crippen LogP contribution in [0.15, 0.2) is 48.7 Å². The normalized spacial score (nSPS) is 15.2. The van der Waals surface area contributed by atoms with Crippen LogP contribution in [0.1, 0.15) is 23.2 Å². The highest BCUT2D eigenvalue weighted by Crippen LogP contribution is 2.25. The van der Waals surface area contributed by atoms with Crippen LogP contribution in [-0.4, -0.2) is 44.6 Å². The Morgan fingerprint density at radius 1 is 1.15 bits per heavy atom. The monoisotopic (exact) mass is 368 g/mol. The lowest BCUT2D eigenvalue weighted by molar-refractivity contribution is -0.384. The number of carbonyl (C=O) groups excluding carboxylic acids is 1. The van der Waals surface area contributed by atoms with E-state index in [1.54, 1.807) is 27.6 Å². The van der Waals surface area contributed by atoms with E-state index in [2.05, 4.69) is 5.10 Å². The van der Waals surface area contributed by atoms with Gasteiger partial charge in [-0.15, -0.1) is 0 Å². The SMILES string of the molecule is O=C(c1cnn2c(-c3ccc([N+](=O)[O-])cc3)cccc12)N1CCC(F)CC1. The van der Waals surface area contributed by atoms with Crippen molar-refractivity contribution in [3.05, 3.63) is 64.3 Å². The van der Waals surface area contributed by atoms with Crippen molar-refractivity contribution in [2.24, 2.45) is 0 Å². The Labute approximate surface area is 154 Å². The topological polar surface area (TPSA) is 80.8 Å². The summed E-state index contributed by atoms with van der Waals surface area (Å²) in [5, 5.41) is 15.2. The number of likely N-dealkylation sites (tertiary alicyclic amines) is 1. The van der Waals surface area contributed by atoms with Gasteiger partial charge in [0.1, 0.15) is 6.17 Å². The van der Waals surface area contributed by atoms with Gasteiger partial charge >= 0.3 is 0 Å². The number of carbonyl (C=O) groups is 1. The molecule has 1 fully saturated rings. The van der Waals surface area contributed by atoms with Gasteiger partial charge in [0.25, 0.3) is 11.6 Å². The van der Waals surface area contributed by atoms with Crippen LogP contribution in [0, 0.1) is 10.1 Å². The summed E-state index contributed by atoms with van der Waals surface area (Å²) >= 11 is 0. The van der Waals surface area contributed by atoms with Crippen molar-refractivity contribution in [1.29, 1.82) is 0 Å². The highest BCUT2D eigenvalue weighted by Gasteiger charge is 2.25. The first kappa shape index (κ1) is 17.1. The Kier molecular flexibility index (Phi) is 4.31. The molecule has 0 bridgehead atoms. The summed E-state index contributed by atoms with van der Waals surface area (Å²) in [6.07, 6.45) is 1.40. The molecule has 1 aliphatic heterocycles. The second-order valence-corrected chi connectivity index (χ2v) is 6.54. The van der Waals surface area contributed by atoms with E-state index in [1.165, 1.54) is 18.3 Å². The van der Waals surface area contributed by atoms with Crippen LogP contribution in [0.3, 0.4) is 0 Å². The number of non-ortho nitro benzene ring substituents is 1. The van der Waals surface area contributed by atoms with E-state index in [0.717, 1.165) is 11.3 Å². The molecule has 8 heteroatoms. The number of pyridine rings is 1. The molecule has 1 aliphatic rings. The summed E-state index contributed by atoms with van der Waals surface area (Å²) in [5.74, 6) is -0.155. The smallest absolute Gasteiger partial charge is 0.269 e. The zero-order valence-corrected chi connectivity index (χ0v) is 14.4. The molecular weight excluding hydrogens is 351 g/mol. The molecule has 27 heavy (non-hydrogen) atoms. The number of aromatic nitrogens is 2. The van der Waals surface area contributed by atoms with E-state index < -0.39 is 11.1 Å². The van der Waals surface area contributed by atoms with Gasteiger partial charge in [0.05, 0.1) is 27.9 Å². The summed E-state index contributed by atoms with van der Waals surface area (Å²) < 4.78 is 15.0. The fourth-order valence-electron chi connectivity index (χ4n) is 3.37. The third kappa shape index (κ3) is 3.14. The van der Waals surface area contributed by atoms with Crippen molar-refractivity contribution in [1.82, 2.24) is 14.5 Å². The maximum atomic E-state index is 13.3. The van der Waals surface area contributed by atoms with Crippen molar-refractivity contribution in [3.8, 4) is 11.3 Å². The van der Waals surface area contributed by atoms with Crippen molar-refractivity contribution in [2.45, 2.75) is 19.0 Å². The molecule has 1 aromatic carbocycles. The molecule has 0 aliphatic carbocycles. The van der Waals surface area contributed by atoms with Crippen LogP contribution in [-0.2, 0) is 0 Å². The first-order valence-corrected chi connectivity index (χ1v) is 8.69. The van der Waals surface area contributed by atoms with Gasteiger partial charge in [-0.1, -0.05) is 6.07 Å². The molecule has 0 saturated carbocycles. The number of hydrogen-bond acceptors (Lipinski definition) is 4. The summed E-state index contributed by atoms with van der Waals surface area (Å²) in [4.78, 5) is 24.9. The van der Waals surface area contributed by atoms with E-state index >= 15 is 0 Å². The number of nitrogens with zero attached hydrogens (tertiary/aromatic N) is 4. The second-order valence-electron chi connectivity index (χ2n) is 6.54. The molecular formula is C19H17FN4O3. The first-order valence-electron chi connectivity index (χ1n) is 8.69. The van der Waals surface area contributed by atoms with Gasteiger partial charge in [-0.2, -0.15) is 5.10 Å². The lowest BCUT2D eigenvalue weighted by Gasteiger charge is -2.28. The van der Waals surface area contributed by atoms with Crippen LogP contribution in [0.5, 0.6) is 0 Å². The Morgan fingerprint density at radius 2 is 1.85 bits per heavy atom. The molecule has 4 rings (SSSR count). The summed E-state index contributed by atoms with van der Waals surface area (Å²) in [7, 11) is 0. The van der Waals surface area contributed by atoms with Gasteiger partial charge in [-0.05, 0) is 37.1 Å². The van der Waals surface area contributed by atoms with Gasteiger partial charge in [0.2, 0.25) is 0 Å². The number of alkyl halides is 1. The number of benzene rings is 1. The Morgan fingerprint density at radius 3 is 2.52 bits per heavy atom. The maximum Gasteiger partial charge on any atom is 0.269 e. The van der Waals surface area contributed by atoms with Crippen molar-refractivity contribution < 1.29 is 14.1 Å². The summed E-state index contributed by atoms with van der Waals surface area (Å²) in [6, 6.07) is 11.6. The minimum absolute atomic E-state index is 0.0125. The fraction of sp³-hybridized carbons (Fsp3) is 0.263. The number of fused-ring (bicyclic) bond motifs is 1. The molecule has 0 unspecified atom stereocenters. The van der Waals surface area contributed by atoms with Gasteiger partial charge in [-0.3, -0.25) is 14.9 Å². The predicted octanol–water partition coefficient (Wildman–Crippen LogP) is 3.48. The van der Waals surface area contributed by atoms with E-state index in [1.807, 2.05) is 12.1 Å². The fourth-order valence-corrected chi connectivity index (χ4v) is 3.37. The van der Waals surface area contributed by atoms with Gasteiger partial charge < -0.3 is 4.90 Å². The minimum atomic E-state index is -0.841. The van der Waals surface area contributed by atoms with Gasteiger partial charge in [0, 0.05) is 30.8 Å². The summed E-state index contributed by atoms with van der Waals surface area (Å²) in [6.45, 7) is 0.804. The number of rotatable bonds is 3. The van der Waals surface area contributed by atoms with Crippen LogP contribution in [0.25, 0.3) is 16.8 Å². The number of amides is 1. The van der Waals surface area contributed by atoms with Gasteiger partial charge in [-0.25, -0.2) is 8.91 Å². The van der Waals surface area contributed by atoms with Crippen LogP contribution >= 0.6 is 0 Å². The van der Waals surface area contributed by atoms with Crippen LogP contribution in [0.2, 0.25) is 0 Å². The second kappa shape index (κ2) is 6.79. The molecule has 0 N–H and O–H groups in total. The van der Waals surface area contributed by atoms with Crippen LogP contribution < -0.4 is 0 Å². The van der Waals surface area contributed by atoms with E-state index in [4.69, 9.17) is 0 Å². The van der Waals surface area contributed by atoms with Crippen molar-refractivity contribution in [2.75, 3.05) is 13.1 Å².